The SMILES string of the molecule is CCOC(=O)c1cnn(-c2ccccc2)c1NS(=O)(=O)c1ccc2ccccc2c1. The molecule has 0 saturated carbocycles. The zero-order valence-corrected chi connectivity index (χ0v) is 17.0. The van der Waals surface area contributed by atoms with Crippen molar-refractivity contribution in [3.8, 4) is 5.69 Å². The van der Waals surface area contributed by atoms with E-state index in [9.17, 15) is 13.2 Å². The minimum absolute atomic E-state index is 0.0211. The van der Waals surface area contributed by atoms with Crippen molar-refractivity contribution in [2.24, 2.45) is 0 Å². The van der Waals surface area contributed by atoms with Gasteiger partial charge in [0, 0.05) is 0 Å². The minimum Gasteiger partial charge on any atom is -0.462 e. The highest BCUT2D eigenvalue weighted by Crippen LogP contribution is 2.26. The number of sulfonamides is 1. The van der Waals surface area contributed by atoms with E-state index in [0.29, 0.717) is 5.69 Å². The summed E-state index contributed by atoms with van der Waals surface area (Å²) < 4.78 is 35.3. The Balaban J connectivity index is 1.79. The number of nitrogens with one attached hydrogen (secondary N) is 1. The lowest BCUT2D eigenvalue weighted by Crippen LogP contribution is -2.18. The molecule has 1 heterocycles. The number of hydrogen-bond acceptors (Lipinski definition) is 5. The maximum absolute atomic E-state index is 13.2. The van der Waals surface area contributed by atoms with Gasteiger partial charge >= 0.3 is 5.97 Å². The first kappa shape index (κ1) is 19.7. The highest BCUT2D eigenvalue weighted by Gasteiger charge is 2.25. The van der Waals surface area contributed by atoms with Gasteiger partial charge in [0.05, 0.1) is 23.4 Å². The fourth-order valence-corrected chi connectivity index (χ4v) is 4.19. The fraction of sp³-hybridized carbons (Fsp3) is 0.0909. The minimum atomic E-state index is -3.99. The highest BCUT2D eigenvalue weighted by molar-refractivity contribution is 7.92. The zero-order chi connectivity index (χ0) is 21.1. The van der Waals surface area contributed by atoms with Crippen molar-refractivity contribution >= 4 is 32.6 Å². The fourth-order valence-electron chi connectivity index (χ4n) is 3.09. The van der Waals surface area contributed by atoms with Crippen LogP contribution in [0.5, 0.6) is 0 Å². The lowest BCUT2D eigenvalue weighted by molar-refractivity contribution is 0.0527. The summed E-state index contributed by atoms with van der Waals surface area (Å²) in [4.78, 5) is 12.5. The van der Waals surface area contributed by atoms with Gasteiger partial charge in [-0.05, 0) is 42.0 Å². The summed E-state index contributed by atoms with van der Waals surface area (Å²) in [6.07, 6.45) is 1.29. The predicted molar refractivity (Wildman–Crippen MR) is 114 cm³/mol. The number of ether oxygens (including phenoxy) is 1. The number of nitrogens with zero attached hydrogens (tertiary/aromatic N) is 2. The number of carbonyl (C=O) groups excluding carboxylic acids is 1. The zero-order valence-electron chi connectivity index (χ0n) is 16.1. The molecule has 0 aliphatic rings. The first-order valence-corrected chi connectivity index (χ1v) is 10.8. The van der Waals surface area contributed by atoms with Crippen LogP contribution in [-0.4, -0.2) is 30.8 Å². The Morgan fingerprint density at radius 3 is 2.43 bits per heavy atom. The van der Waals surface area contributed by atoms with E-state index in [4.69, 9.17) is 4.74 Å². The molecular formula is C22H19N3O4S. The normalized spacial score (nSPS) is 11.4. The van der Waals surface area contributed by atoms with Crippen molar-refractivity contribution in [2.75, 3.05) is 11.3 Å². The number of hydrogen-bond donors (Lipinski definition) is 1. The van der Waals surface area contributed by atoms with Crippen molar-refractivity contribution in [1.29, 1.82) is 0 Å². The van der Waals surface area contributed by atoms with Crippen molar-refractivity contribution in [3.05, 3.63) is 84.6 Å². The van der Waals surface area contributed by atoms with Crippen LogP contribution in [-0.2, 0) is 14.8 Å². The topological polar surface area (TPSA) is 90.3 Å². The van der Waals surface area contributed by atoms with Gasteiger partial charge in [-0.25, -0.2) is 17.9 Å². The third kappa shape index (κ3) is 3.77. The van der Waals surface area contributed by atoms with Crippen LogP contribution < -0.4 is 4.72 Å². The van der Waals surface area contributed by atoms with Crippen molar-refractivity contribution in [3.63, 3.8) is 0 Å². The molecule has 0 aliphatic heterocycles. The van der Waals surface area contributed by atoms with Crippen molar-refractivity contribution in [2.45, 2.75) is 11.8 Å². The number of aromatic nitrogens is 2. The van der Waals surface area contributed by atoms with Crippen LogP contribution in [0.15, 0.2) is 83.9 Å². The van der Waals surface area contributed by atoms with E-state index >= 15 is 0 Å². The van der Waals surface area contributed by atoms with E-state index in [1.807, 2.05) is 30.3 Å². The quantitative estimate of drug-likeness (QED) is 0.475. The molecule has 0 atom stereocenters. The molecule has 0 fully saturated rings. The van der Waals surface area contributed by atoms with Crippen LogP contribution in [0.1, 0.15) is 17.3 Å². The van der Waals surface area contributed by atoms with E-state index in [1.165, 1.54) is 16.9 Å². The molecule has 30 heavy (non-hydrogen) atoms. The summed E-state index contributed by atoms with van der Waals surface area (Å²) in [5.41, 5.74) is 0.634. The third-order valence-electron chi connectivity index (χ3n) is 4.53. The molecule has 0 amide bonds. The molecule has 0 bridgehead atoms. The molecule has 1 aromatic heterocycles. The molecule has 3 aromatic carbocycles. The lowest BCUT2D eigenvalue weighted by atomic mass is 10.1. The van der Waals surface area contributed by atoms with E-state index < -0.39 is 16.0 Å². The van der Waals surface area contributed by atoms with Gasteiger partial charge in [-0.3, -0.25) is 4.72 Å². The summed E-state index contributed by atoms with van der Waals surface area (Å²) in [5.74, 6) is -0.635. The van der Waals surface area contributed by atoms with Gasteiger partial charge in [-0.2, -0.15) is 5.10 Å². The number of rotatable bonds is 6. The van der Waals surface area contributed by atoms with Gasteiger partial charge in [0.15, 0.2) is 5.82 Å². The molecular weight excluding hydrogens is 402 g/mol. The maximum atomic E-state index is 13.2. The molecule has 0 radical (unpaired) electrons. The molecule has 152 valence electrons. The number of fused-ring (bicyclic) bond motifs is 1. The molecule has 4 aromatic rings. The monoisotopic (exact) mass is 421 g/mol. The summed E-state index contributed by atoms with van der Waals surface area (Å²) >= 11 is 0. The Kier molecular flexibility index (Phi) is 5.24. The molecule has 7 nitrogen and oxygen atoms in total. The van der Waals surface area contributed by atoms with E-state index in [2.05, 4.69) is 9.82 Å². The second-order valence-corrected chi connectivity index (χ2v) is 8.17. The molecule has 0 spiro atoms. The molecule has 1 N–H and O–H groups in total. The number of benzene rings is 3. The van der Waals surface area contributed by atoms with Crippen LogP contribution in [0.3, 0.4) is 0 Å². The Hall–Kier alpha value is -3.65. The summed E-state index contributed by atoms with van der Waals surface area (Å²) in [7, 11) is -3.99. The van der Waals surface area contributed by atoms with E-state index in [-0.39, 0.29) is 22.9 Å². The van der Waals surface area contributed by atoms with Crippen molar-refractivity contribution in [1.82, 2.24) is 9.78 Å². The first-order chi connectivity index (χ1) is 14.5. The van der Waals surface area contributed by atoms with E-state index in [1.54, 1.807) is 43.3 Å². The van der Waals surface area contributed by atoms with Gasteiger partial charge in [0.25, 0.3) is 10.0 Å². The standard InChI is InChI=1S/C22H19N3O4S/c1-2-29-22(26)20-15-23-25(18-10-4-3-5-11-18)21(20)24-30(27,28)19-13-12-16-8-6-7-9-17(16)14-19/h3-15,24H,2H2,1H3. The molecule has 0 unspecified atom stereocenters. The summed E-state index contributed by atoms with van der Waals surface area (Å²) in [6, 6.07) is 21.3. The molecule has 0 aliphatic carbocycles. The Morgan fingerprint density at radius 2 is 1.70 bits per heavy atom. The predicted octanol–water partition coefficient (Wildman–Crippen LogP) is 4.00. The van der Waals surface area contributed by atoms with Gasteiger partial charge in [0.1, 0.15) is 5.56 Å². The van der Waals surface area contributed by atoms with E-state index in [0.717, 1.165) is 10.8 Å². The third-order valence-corrected chi connectivity index (χ3v) is 5.86. The average Bonchev–Trinajstić information content (AvgIpc) is 3.17. The number of esters is 1. The second kappa shape index (κ2) is 8.00. The van der Waals surface area contributed by atoms with Gasteiger partial charge in [-0.15, -0.1) is 0 Å². The van der Waals surface area contributed by atoms with Crippen LogP contribution in [0.25, 0.3) is 16.5 Å². The highest BCUT2D eigenvalue weighted by atomic mass is 32.2. The van der Waals surface area contributed by atoms with Crippen LogP contribution >= 0.6 is 0 Å². The number of carbonyl (C=O) groups is 1. The van der Waals surface area contributed by atoms with Crippen LogP contribution in [0.4, 0.5) is 5.82 Å². The van der Waals surface area contributed by atoms with Gasteiger partial charge in [0.2, 0.25) is 0 Å². The Bertz CT molecular complexity index is 1310. The summed E-state index contributed by atoms with van der Waals surface area (Å²) in [6.45, 7) is 1.84. The first-order valence-electron chi connectivity index (χ1n) is 9.32. The maximum Gasteiger partial charge on any atom is 0.343 e. The van der Waals surface area contributed by atoms with Gasteiger partial charge < -0.3 is 4.74 Å². The van der Waals surface area contributed by atoms with Crippen LogP contribution in [0.2, 0.25) is 0 Å². The molecule has 8 heteroatoms. The Morgan fingerprint density at radius 1 is 1.00 bits per heavy atom. The largest absolute Gasteiger partial charge is 0.462 e. The lowest BCUT2D eigenvalue weighted by Gasteiger charge is -2.13. The summed E-state index contributed by atoms with van der Waals surface area (Å²) in [5, 5.41) is 5.93. The van der Waals surface area contributed by atoms with Gasteiger partial charge in [-0.1, -0.05) is 48.5 Å². The number of anilines is 1. The molecule has 4 rings (SSSR count). The second-order valence-electron chi connectivity index (χ2n) is 6.49. The molecule has 0 saturated heterocycles. The van der Waals surface area contributed by atoms with Crippen LogP contribution in [0, 0.1) is 0 Å². The average molecular weight is 421 g/mol. The smallest absolute Gasteiger partial charge is 0.343 e. The Labute approximate surface area is 174 Å². The van der Waals surface area contributed by atoms with Crippen molar-refractivity contribution < 1.29 is 17.9 Å². The number of para-hydroxylation sites is 1.